The molecule has 0 aliphatic carbocycles. The van der Waals surface area contributed by atoms with Gasteiger partial charge in [0.05, 0.1) is 27.2 Å². The van der Waals surface area contributed by atoms with Gasteiger partial charge in [-0.15, -0.1) is 0 Å². The van der Waals surface area contributed by atoms with Gasteiger partial charge in [0, 0.05) is 19.4 Å². The smallest absolute Gasteiger partial charge is 0.220 e. The van der Waals surface area contributed by atoms with E-state index in [0.29, 0.717) is 6.42 Å². The van der Waals surface area contributed by atoms with E-state index in [9.17, 15) is 4.79 Å². The molecule has 0 bridgehead atoms. The third-order valence-electron chi connectivity index (χ3n) is 6.89. The van der Waals surface area contributed by atoms with Crippen LogP contribution in [0.4, 0.5) is 0 Å². The average Bonchev–Trinajstić information content (AvgIpc) is 2.76. The van der Waals surface area contributed by atoms with Crippen molar-refractivity contribution in [2.75, 3.05) is 54.4 Å². The van der Waals surface area contributed by atoms with Crippen LogP contribution in [0.25, 0.3) is 0 Å². The average molecular weight is 469 g/mol. The van der Waals surface area contributed by atoms with Gasteiger partial charge < -0.3 is 14.7 Å². The molecule has 0 aliphatic rings. The topological polar surface area (TPSA) is 32.3 Å². The number of carbonyl (C=O) groups excluding carboxylic acids is 1. The Balaban J connectivity index is 3.39. The SMILES string of the molecule is CCCCCCCCCCCCCCCCCC[N+](C)(C)CCCC(=O)NCCCN(C)C. The van der Waals surface area contributed by atoms with Crippen molar-refractivity contribution in [1.29, 1.82) is 0 Å². The molecule has 0 aliphatic heterocycles. The number of nitrogens with zero attached hydrogens (tertiary/aromatic N) is 2. The van der Waals surface area contributed by atoms with Crippen molar-refractivity contribution >= 4 is 5.91 Å². The van der Waals surface area contributed by atoms with E-state index in [1.54, 1.807) is 0 Å². The minimum Gasteiger partial charge on any atom is -0.356 e. The van der Waals surface area contributed by atoms with Gasteiger partial charge in [-0.3, -0.25) is 4.79 Å². The number of unbranched alkanes of at least 4 members (excludes halogenated alkanes) is 15. The summed E-state index contributed by atoms with van der Waals surface area (Å²) in [6, 6.07) is 0. The molecule has 33 heavy (non-hydrogen) atoms. The quantitative estimate of drug-likeness (QED) is 0.114. The number of hydrogen-bond acceptors (Lipinski definition) is 2. The minimum absolute atomic E-state index is 0.219. The molecule has 0 aromatic heterocycles. The van der Waals surface area contributed by atoms with Crippen molar-refractivity contribution in [2.45, 2.75) is 129 Å². The second-order valence-electron chi connectivity index (χ2n) is 11.3. The van der Waals surface area contributed by atoms with Crippen LogP contribution in [0.3, 0.4) is 0 Å². The Morgan fingerprint density at radius 1 is 0.636 bits per heavy atom. The molecule has 4 heteroatoms. The summed E-state index contributed by atoms with van der Waals surface area (Å²) in [5, 5.41) is 3.05. The first-order valence-corrected chi connectivity index (χ1v) is 14.6. The van der Waals surface area contributed by atoms with Gasteiger partial charge in [0.25, 0.3) is 0 Å². The summed E-state index contributed by atoms with van der Waals surface area (Å²) in [7, 11) is 8.78. The van der Waals surface area contributed by atoms with Crippen LogP contribution in [0.5, 0.6) is 0 Å². The van der Waals surface area contributed by atoms with Gasteiger partial charge >= 0.3 is 0 Å². The first-order valence-electron chi connectivity index (χ1n) is 14.6. The Bertz CT molecular complexity index is 423. The fraction of sp³-hybridized carbons (Fsp3) is 0.966. The van der Waals surface area contributed by atoms with Crippen molar-refractivity contribution in [3.8, 4) is 0 Å². The van der Waals surface area contributed by atoms with Crippen LogP contribution < -0.4 is 5.32 Å². The summed E-state index contributed by atoms with van der Waals surface area (Å²) < 4.78 is 1.05. The lowest BCUT2D eigenvalue weighted by Gasteiger charge is -2.29. The predicted octanol–water partition coefficient (Wildman–Crippen LogP) is 7.17. The molecule has 0 heterocycles. The zero-order valence-electron chi connectivity index (χ0n) is 23.6. The van der Waals surface area contributed by atoms with Gasteiger partial charge in [-0.1, -0.05) is 96.8 Å². The molecule has 0 fully saturated rings. The van der Waals surface area contributed by atoms with Crippen molar-refractivity contribution < 1.29 is 9.28 Å². The predicted molar refractivity (Wildman–Crippen MR) is 147 cm³/mol. The molecular weight excluding hydrogens is 406 g/mol. The van der Waals surface area contributed by atoms with E-state index in [1.165, 1.54) is 109 Å². The first-order chi connectivity index (χ1) is 15.9. The van der Waals surface area contributed by atoms with E-state index in [4.69, 9.17) is 0 Å². The van der Waals surface area contributed by atoms with Gasteiger partial charge in [-0.25, -0.2) is 0 Å². The highest BCUT2D eigenvalue weighted by Gasteiger charge is 2.15. The summed E-state index contributed by atoms with van der Waals surface area (Å²) in [6.45, 7) is 6.46. The molecule has 0 aromatic carbocycles. The fourth-order valence-corrected chi connectivity index (χ4v) is 4.58. The maximum absolute atomic E-state index is 12.0. The van der Waals surface area contributed by atoms with E-state index in [1.807, 2.05) is 0 Å². The third-order valence-corrected chi connectivity index (χ3v) is 6.89. The lowest BCUT2D eigenvalue weighted by molar-refractivity contribution is -0.890. The Kier molecular flexibility index (Phi) is 22.7. The maximum atomic E-state index is 12.0. The molecule has 0 spiro atoms. The third kappa shape index (κ3) is 25.8. The van der Waals surface area contributed by atoms with Crippen LogP contribution >= 0.6 is 0 Å². The number of quaternary nitrogens is 1. The van der Waals surface area contributed by atoms with Gasteiger partial charge in [-0.05, 0) is 39.9 Å². The van der Waals surface area contributed by atoms with Gasteiger partial charge in [0.1, 0.15) is 0 Å². The molecule has 1 amide bonds. The van der Waals surface area contributed by atoms with Gasteiger partial charge in [0.2, 0.25) is 5.91 Å². The van der Waals surface area contributed by atoms with E-state index in [2.05, 4.69) is 45.3 Å². The number of amides is 1. The molecule has 0 rings (SSSR count). The molecule has 0 saturated carbocycles. The Labute approximate surface area is 208 Å². The molecule has 0 atom stereocenters. The van der Waals surface area contributed by atoms with E-state index in [-0.39, 0.29) is 5.91 Å². The second-order valence-corrected chi connectivity index (χ2v) is 11.3. The molecule has 4 nitrogen and oxygen atoms in total. The number of hydrogen-bond donors (Lipinski definition) is 1. The highest BCUT2D eigenvalue weighted by molar-refractivity contribution is 5.75. The lowest BCUT2D eigenvalue weighted by atomic mass is 10.0. The molecule has 0 saturated heterocycles. The van der Waals surface area contributed by atoms with Gasteiger partial charge in [0.15, 0.2) is 0 Å². The first kappa shape index (κ1) is 32.4. The van der Waals surface area contributed by atoms with Crippen molar-refractivity contribution in [2.24, 2.45) is 0 Å². The number of carbonyl (C=O) groups is 1. The summed E-state index contributed by atoms with van der Waals surface area (Å²) in [6.07, 6.45) is 25.5. The van der Waals surface area contributed by atoms with Crippen LogP contribution in [0.15, 0.2) is 0 Å². The highest BCUT2D eigenvalue weighted by Crippen LogP contribution is 2.14. The van der Waals surface area contributed by atoms with Crippen LogP contribution in [-0.4, -0.2) is 69.7 Å². The summed E-state index contributed by atoms with van der Waals surface area (Å²) >= 11 is 0. The zero-order chi connectivity index (χ0) is 24.6. The largest absolute Gasteiger partial charge is 0.356 e. The zero-order valence-corrected chi connectivity index (χ0v) is 23.6. The fourth-order valence-electron chi connectivity index (χ4n) is 4.58. The van der Waals surface area contributed by atoms with E-state index >= 15 is 0 Å². The Morgan fingerprint density at radius 3 is 1.52 bits per heavy atom. The molecular formula is C29H62N3O+. The minimum atomic E-state index is 0.219. The van der Waals surface area contributed by atoms with Crippen molar-refractivity contribution in [3.05, 3.63) is 0 Å². The summed E-state index contributed by atoms with van der Waals surface area (Å²) in [4.78, 5) is 14.1. The monoisotopic (exact) mass is 468 g/mol. The summed E-state index contributed by atoms with van der Waals surface area (Å²) in [5.41, 5.74) is 0. The molecule has 198 valence electrons. The van der Waals surface area contributed by atoms with Crippen LogP contribution in [-0.2, 0) is 4.79 Å². The molecule has 0 aromatic rings. The van der Waals surface area contributed by atoms with Crippen molar-refractivity contribution in [3.63, 3.8) is 0 Å². The Hall–Kier alpha value is -0.610. The van der Waals surface area contributed by atoms with Gasteiger partial charge in [-0.2, -0.15) is 0 Å². The van der Waals surface area contributed by atoms with Crippen LogP contribution in [0, 0.1) is 0 Å². The van der Waals surface area contributed by atoms with E-state index in [0.717, 1.165) is 37.0 Å². The maximum Gasteiger partial charge on any atom is 0.220 e. The lowest BCUT2D eigenvalue weighted by Crippen LogP contribution is -2.41. The molecule has 0 unspecified atom stereocenters. The van der Waals surface area contributed by atoms with E-state index < -0.39 is 0 Å². The molecule has 0 radical (unpaired) electrons. The second kappa shape index (κ2) is 23.1. The standard InChI is InChI=1S/C29H61N3O/c1-6-7-8-9-10-11-12-13-14-15-16-17-18-19-20-21-27-32(4,5)28-22-24-29(33)30-25-23-26-31(2)3/h6-28H2,1-5H3/p+1. The summed E-state index contributed by atoms with van der Waals surface area (Å²) in [5.74, 6) is 0.219. The normalized spacial score (nSPS) is 11.9. The van der Waals surface area contributed by atoms with Crippen LogP contribution in [0.1, 0.15) is 129 Å². The number of rotatable bonds is 25. The number of nitrogens with one attached hydrogen (secondary N) is 1. The highest BCUT2D eigenvalue weighted by atomic mass is 16.1. The molecule has 1 N–H and O–H groups in total. The van der Waals surface area contributed by atoms with Crippen LogP contribution in [0.2, 0.25) is 0 Å². The van der Waals surface area contributed by atoms with Crippen molar-refractivity contribution in [1.82, 2.24) is 10.2 Å². The Morgan fingerprint density at radius 2 is 1.06 bits per heavy atom.